The maximum absolute atomic E-state index is 10.6. The second kappa shape index (κ2) is 6.38. The average Bonchev–Trinajstić information content (AvgIpc) is 2.35. The van der Waals surface area contributed by atoms with Gasteiger partial charge in [-0.15, -0.1) is 0 Å². The number of aliphatic hydroxyl groups excluding tert-OH is 5. The van der Waals surface area contributed by atoms with Crippen LogP contribution in [0, 0.1) is 0 Å². The third-order valence-corrected chi connectivity index (χ3v) is 2.59. The third-order valence-electron chi connectivity index (χ3n) is 2.59. The molecule has 0 bridgehead atoms. The summed E-state index contributed by atoms with van der Waals surface area (Å²) in [6.45, 7) is -1.51. The molecule has 0 amide bonds. The van der Waals surface area contributed by atoms with E-state index >= 15 is 0 Å². The Bertz CT molecular complexity index is 281. The second-order valence-corrected chi connectivity index (χ2v) is 3.84. The molecule has 0 aliphatic carbocycles. The van der Waals surface area contributed by atoms with Gasteiger partial charge in [0.15, 0.2) is 12.4 Å². The van der Waals surface area contributed by atoms with E-state index in [1.165, 1.54) is 0 Å². The summed E-state index contributed by atoms with van der Waals surface area (Å²) >= 11 is 0. The predicted octanol–water partition coefficient (Wildman–Crippen LogP) is -3.75. The van der Waals surface area contributed by atoms with Crippen LogP contribution in [0.25, 0.3) is 0 Å². The van der Waals surface area contributed by atoms with Gasteiger partial charge in [-0.2, -0.15) is 0 Å². The van der Waals surface area contributed by atoms with Crippen LogP contribution in [0.4, 0.5) is 0 Å². The first-order chi connectivity index (χ1) is 8.42. The van der Waals surface area contributed by atoms with Gasteiger partial charge in [0.25, 0.3) is 0 Å². The van der Waals surface area contributed by atoms with Gasteiger partial charge >= 0.3 is 5.97 Å². The Kier molecular flexibility index (Phi) is 5.41. The fraction of sp³-hybridized carbons (Fsp3) is 0.889. The summed E-state index contributed by atoms with van der Waals surface area (Å²) in [5, 5.41) is 54.7. The van der Waals surface area contributed by atoms with Crippen LogP contribution in [0.3, 0.4) is 0 Å². The Balaban J connectivity index is 2.72. The number of rotatable bonds is 5. The summed E-state index contributed by atoms with van der Waals surface area (Å²) in [5.74, 6) is -1.48. The molecule has 0 spiro atoms. The van der Waals surface area contributed by atoms with Crippen LogP contribution in [0.5, 0.6) is 0 Å². The highest BCUT2D eigenvalue weighted by molar-refractivity contribution is 5.72. The van der Waals surface area contributed by atoms with Crippen molar-refractivity contribution in [2.45, 2.75) is 36.8 Å². The second-order valence-electron chi connectivity index (χ2n) is 3.84. The van der Waals surface area contributed by atoms with Crippen molar-refractivity contribution in [3.63, 3.8) is 0 Å². The predicted molar refractivity (Wildman–Crippen MR) is 53.4 cm³/mol. The molecule has 0 aromatic heterocycles. The molecule has 1 aliphatic rings. The topological polar surface area (TPSA) is 157 Å². The van der Waals surface area contributed by atoms with Gasteiger partial charge in [-0.05, 0) is 0 Å². The normalized spacial score (nSPS) is 38.4. The van der Waals surface area contributed by atoms with Crippen LogP contribution in [-0.2, 0) is 14.3 Å². The number of aliphatic hydroxyl groups is 5. The minimum atomic E-state index is -1.70. The SMILES string of the molecule is O=C(O)C(CO)O[C@H]1OC(CO)[C@@H](O)[C@H](O)C1O. The van der Waals surface area contributed by atoms with E-state index in [9.17, 15) is 20.1 Å². The van der Waals surface area contributed by atoms with Gasteiger partial charge in [-0.3, -0.25) is 0 Å². The summed E-state index contributed by atoms with van der Waals surface area (Å²) in [6, 6.07) is 0. The van der Waals surface area contributed by atoms with Crippen LogP contribution < -0.4 is 0 Å². The van der Waals surface area contributed by atoms with Crippen LogP contribution in [0.1, 0.15) is 0 Å². The Morgan fingerprint density at radius 2 is 1.78 bits per heavy atom. The van der Waals surface area contributed by atoms with Gasteiger partial charge in [0, 0.05) is 0 Å². The number of carboxylic acids is 1. The highest BCUT2D eigenvalue weighted by Gasteiger charge is 2.45. The van der Waals surface area contributed by atoms with E-state index in [1.54, 1.807) is 0 Å². The molecule has 1 fully saturated rings. The summed E-state index contributed by atoms with van der Waals surface area (Å²) in [6.07, 6.45) is -9.32. The lowest BCUT2D eigenvalue weighted by Gasteiger charge is -2.40. The molecule has 0 saturated carbocycles. The molecule has 3 unspecified atom stereocenters. The van der Waals surface area contributed by atoms with Crippen LogP contribution >= 0.6 is 0 Å². The highest BCUT2D eigenvalue weighted by atomic mass is 16.7. The van der Waals surface area contributed by atoms with Gasteiger partial charge in [-0.25, -0.2) is 4.79 Å². The molecule has 1 rings (SSSR count). The molecule has 18 heavy (non-hydrogen) atoms. The maximum atomic E-state index is 10.6. The van der Waals surface area contributed by atoms with E-state index in [4.69, 9.17) is 24.8 Å². The van der Waals surface area contributed by atoms with Crippen LogP contribution in [-0.4, -0.2) is 86.6 Å². The molecule has 9 nitrogen and oxygen atoms in total. The zero-order chi connectivity index (χ0) is 13.9. The number of carbonyl (C=O) groups is 1. The van der Waals surface area contributed by atoms with Gasteiger partial charge in [0.2, 0.25) is 0 Å². The molecule has 9 heteroatoms. The minimum Gasteiger partial charge on any atom is -0.479 e. The molecular weight excluding hydrogens is 252 g/mol. The molecule has 106 valence electrons. The first-order valence-electron chi connectivity index (χ1n) is 5.22. The van der Waals surface area contributed by atoms with E-state index in [1.807, 2.05) is 0 Å². The van der Waals surface area contributed by atoms with Crippen molar-refractivity contribution >= 4 is 5.97 Å². The largest absolute Gasteiger partial charge is 0.479 e. The summed E-state index contributed by atoms with van der Waals surface area (Å²) < 4.78 is 9.67. The minimum absolute atomic E-state index is 0.651. The van der Waals surface area contributed by atoms with Crippen molar-refractivity contribution < 1.29 is 44.9 Å². The first kappa shape index (κ1) is 15.2. The number of hydrogen-bond acceptors (Lipinski definition) is 8. The summed E-state index contributed by atoms with van der Waals surface area (Å²) in [4.78, 5) is 10.6. The zero-order valence-corrected chi connectivity index (χ0v) is 9.29. The fourth-order valence-corrected chi connectivity index (χ4v) is 1.52. The lowest BCUT2D eigenvalue weighted by Crippen LogP contribution is -2.60. The quantitative estimate of drug-likeness (QED) is 0.294. The summed E-state index contributed by atoms with van der Waals surface area (Å²) in [5.41, 5.74) is 0. The van der Waals surface area contributed by atoms with E-state index in [2.05, 4.69) is 0 Å². The van der Waals surface area contributed by atoms with Gasteiger partial charge in [0.1, 0.15) is 24.4 Å². The Labute approximate surface area is 102 Å². The molecule has 0 radical (unpaired) electrons. The van der Waals surface area contributed by atoms with Gasteiger partial charge in [-0.1, -0.05) is 0 Å². The third kappa shape index (κ3) is 3.14. The molecule has 0 aromatic rings. The summed E-state index contributed by atoms with van der Waals surface area (Å²) in [7, 11) is 0. The van der Waals surface area contributed by atoms with E-state index in [0.29, 0.717) is 0 Å². The van der Waals surface area contributed by atoms with Crippen LogP contribution in [0.2, 0.25) is 0 Å². The molecule has 6 atom stereocenters. The lowest BCUT2D eigenvalue weighted by atomic mass is 9.99. The van der Waals surface area contributed by atoms with E-state index in [0.717, 1.165) is 0 Å². The molecule has 1 heterocycles. The Morgan fingerprint density at radius 1 is 1.17 bits per heavy atom. The van der Waals surface area contributed by atoms with Crippen molar-refractivity contribution in [1.29, 1.82) is 0 Å². The number of carboxylic acid groups (broad SMARTS) is 1. The van der Waals surface area contributed by atoms with Crippen LogP contribution in [0.15, 0.2) is 0 Å². The molecule has 1 aliphatic heterocycles. The van der Waals surface area contributed by atoms with Crippen molar-refractivity contribution in [1.82, 2.24) is 0 Å². The number of ether oxygens (including phenoxy) is 2. The van der Waals surface area contributed by atoms with Crippen molar-refractivity contribution in [3.8, 4) is 0 Å². The monoisotopic (exact) mass is 268 g/mol. The van der Waals surface area contributed by atoms with Gasteiger partial charge in [0.05, 0.1) is 13.2 Å². The smallest absolute Gasteiger partial charge is 0.335 e. The van der Waals surface area contributed by atoms with Crippen molar-refractivity contribution in [2.24, 2.45) is 0 Å². The standard InChI is InChI=1S/C9H16O9/c10-1-3-5(12)6(13)7(14)9(17-3)18-4(2-11)8(15)16/h3-7,9-14H,1-2H2,(H,15,16)/t3?,4?,5-,6+,7?,9-/m1/s1. The number of aliphatic carboxylic acids is 1. The molecule has 6 N–H and O–H groups in total. The molecular formula is C9H16O9. The average molecular weight is 268 g/mol. The number of hydrogen-bond donors (Lipinski definition) is 6. The van der Waals surface area contributed by atoms with E-state index in [-0.39, 0.29) is 0 Å². The first-order valence-corrected chi connectivity index (χ1v) is 5.22. The van der Waals surface area contributed by atoms with Crippen molar-refractivity contribution in [2.75, 3.05) is 13.2 Å². The lowest BCUT2D eigenvalue weighted by molar-refractivity contribution is -0.311. The Morgan fingerprint density at radius 3 is 2.22 bits per heavy atom. The fourth-order valence-electron chi connectivity index (χ4n) is 1.52. The Hall–Kier alpha value is -0.810. The van der Waals surface area contributed by atoms with Gasteiger partial charge < -0.3 is 40.1 Å². The van der Waals surface area contributed by atoms with Crippen molar-refractivity contribution in [3.05, 3.63) is 0 Å². The molecule has 0 aromatic carbocycles. The zero-order valence-electron chi connectivity index (χ0n) is 9.29. The highest BCUT2D eigenvalue weighted by Crippen LogP contribution is 2.22. The molecule has 1 saturated heterocycles. The van der Waals surface area contributed by atoms with E-state index < -0.39 is 56.0 Å². The maximum Gasteiger partial charge on any atom is 0.335 e.